The lowest BCUT2D eigenvalue weighted by atomic mass is 10.2. The molecule has 21 heavy (non-hydrogen) atoms. The topological polar surface area (TPSA) is 41.0 Å². The first kappa shape index (κ1) is 15.7. The summed E-state index contributed by atoms with van der Waals surface area (Å²) < 4.78 is 0. The fourth-order valence-corrected chi connectivity index (χ4v) is 2.32. The molecule has 0 aliphatic rings. The molecule has 0 atom stereocenters. The van der Waals surface area contributed by atoms with Gasteiger partial charge in [0.15, 0.2) is 0 Å². The molecule has 0 saturated heterocycles. The van der Waals surface area contributed by atoms with Crippen molar-refractivity contribution in [1.82, 2.24) is 14.9 Å². The van der Waals surface area contributed by atoms with Gasteiger partial charge in [-0.15, -0.1) is 0 Å². The summed E-state index contributed by atoms with van der Waals surface area (Å²) in [5.41, 5.74) is 2.97. The molecule has 0 aliphatic carbocycles. The van der Waals surface area contributed by atoms with Crippen LogP contribution in [0.3, 0.4) is 0 Å². The third-order valence-electron chi connectivity index (χ3n) is 3.07. The van der Waals surface area contributed by atoms with Crippen molar-refractivity contribution in [1.29, 1.82) is 0 Å². The van der Waals surface area contributed by atoms with Gasteiger partial charge in [0, 0.05) is 25.3 Å². The lowest BCUT2D eigenvalue weighted by molar-refractivity contribution is 0.311. The summed E-state index contributed by atoms with van der Waals surface area (Å²) in [6.45, 7) is 6.35. The predicted molar refractivity (Wildman–Crippen MR) is 87.6 cm³/mol. The molecule has 0 aliphatic heterocycles. The molecular formula is C16H21ClN4. The van der Waals surface area contributed by atoms with Gasteiger partial charge in [-0.05, 0) is 45.2 Å². The first-order valence-electron chi connectivity index (χ1n) is 7.09. The van der Waals surface area contributed by atoms with Gasteiger partial charge in [-0.25, -0.2) is 4.98 Å². The van der Waals surface area contributed by atoms with Crippen LogP contribution in [0.15, 0.2) is 30.3 Å². The Balaban J connectivity index is 2.05. The molecule has 0 amide bonds. The molecule has 0 radical (unpaired) electrons. The van der Waals surface area contributed by atoms with Crippen LogP contribution in [0.25, 0.3) is 0 Å². The molecule has 0 saturated carbocycles. The number of hydrogen-bond acceptors (Lipinski definition) is 4. The molecule has 0 unspecified atom stereocenters. The Morgan fingerprint density at radius 2 is 1.95 bits per heavy atom. The number of rotatable bonds is 6. The standard InChI is InChI=1S/C16H21ClN4/c1-4-18-16-9-8-14(17)15(20-16)11-21(3)10-13-7-5-6-12(2)19-13/h5-9H,4,10-11H2,1-3H3,(H,18,20). The summed E-state index contributed by atoms with van der Waals surface area (Å²) in [7, 11) is 2.04. The number of nitrogens with zero attached hydrogens (tertiary/aromatic N) is 3. The summed E-state index contributed by atoms with van der Waals surface area (Å²) in [4.78, 5) is 11.2. The number of aromatic nitrogens is 2. The Labute approximate surface area is 131 Å². The van der Waals surface area contributed by atoms with Crippen LogP contribution >= 0.6 is 11.6 Å². The van der Waals surface area contributed by atoms with Crippen LogP contribution in [0.5, 0.6) is 0 Å². The first-order chi connectivity index (χ1) is 10.1. The maximum absolute atomic E-state index is 6.24. The van der Waals surface area contributed by atoms with Gasteiger partial charge in [-0.1, -0.05) is 17.7 Å². The van der Waals surface area contributed by atoms with Crippen molar-refractivity contribution >= 4 is 17.4 Å². The van der Waals surface area contributed by atoms with Gasteiger partial charge in [0.05, 0.1) is 16.4 Å². The van der Waals surface area contributed by atoms with E-state index in [9.17, 15) is 0 Å². The SMILES string of the molecule is CCNc1ccc(Cl)c(CN(C)Cc2cccc(C)n2)n1. The zero-order valence-corrected chi connectivity index (χ0v) is 13.5. The lowest BCUT2D eigenvalue weighted by Gasteiger charge is -2.17. The summed E-state index contributed by atoms with van der Waals surface area (Å²) in [6.07, 6.45) is 0. The van der Waals surface area contributed by atoms with E-state index in [1.807, 2.05) is 51.2 Å². The highest BCUT2D eigenvalue weighted by Gasteiger charge is 2.08. The van der Waals surface area contributed by atoms with Gasteiger partial charge in [-0.3, -0.25) is 9.88 Å². The van der Waals surface area contributed by atoms with Gasteiger partial charge in [-0.2, -0.15) is 0 Å². The molecule has 112 valence electrons. The molecule has 5 heteroatoms. The second kappa shape index (κ2) is 7.38. The smallest absolute Gasteiger partial charge is 0.126 e. The van der Waals surface area contributed by atoms with Crippen molar-refractivity contribution in [2.75, 3.05) is 18.9 Å². The van der Waals surface area contributed by atoms with E-state index in [-0.39, 0.29) is 0 Å². The molecule has 2 heterocycles. The zero-order chi connectivity index (χ0) is 15.2. The highest BCUT2D eigenvalue weighted by atomic mass is 35.5. The average Bonchev–Trinajstić information content (AvgIpc) is 2.43. The lowest BCUT2D eigenvalue weighted by Crippen LogP contribution is -2.19. The maximum Gasteiger partial charge on any atom is 0.126 e. The van der Waals surface area contributed by atoms with E-state index in [0.29, 0.717) is 11.6 Å². The normalized spacial score (nSPS) is 10.9. The molecule has 4 nitrogen and oxygen atoms in total. The monoisotopic (exact) mass is 304 g/mol. The number of nitrogens with one attached hydrogen (secondary N) is 1. The van der Waals surface area contributed by atoms with Gasteiger partial charge in [0.2, 0.25) is 0 Å². The molecule has 1 N–H and O–H groups in total. The highest BCUT2D eigenvalue weighted by molar-refractivity contribution is 6.31. The highest BCUT2D eigenvalue weighted by Crippen LogP contribution is 2.18. The van der Waals surface area contributed by atoms with Crippen LogP contribution in [-0.2, 0) is 13.1 Å². The fraction of sp³-hybridized carbons (Fsp3) is 0.375. The molecule has 2 rings (SSSR count). The average molecular weight is 305 g/mol. The van der Waals surface area contributed by atoms with Crippen LogP contribution in [-0.4, -0.2) is 28.5 Å². The molecule has 0 aromatic carbocycles. The van der Waals surface area contributed by atoms with Crippen molar-refractivity contribution < 1.29 is 0 Å². The molecule has 2 aromatic rings. The van der Waals surface area contributed by atoms with Gasteiger partial charge in [0.1, 0.15) is 5.82 Å². The van der Waals surface area contributed by atoms with Crippen molar-refractivity contribution in [3.63, 3.8) is 0 Å². The summed E-state index contributed by atoms with van der Waals surface area (Å²) >= 11 is 6.24. The van der Waals surface area contributed by atoms with E-state index >= 15 is 0 Å². The van der Waals surface area contributed by atoms with E-state index in [2.05, 4.69) is 20.2 Å². The first-order valence-corrected chi connectivity index (χ1v) is 7.46. The minimum atomic E-state index is 0.688. The van der Waals surface area contributed by atoms with Gasteiger partial charge in [0.25, 0.3) is 0 Å². The van der Waals surface area contributed by atoms with Crippen LogP contribution in [0.2, 0.25) is 5.02 Å². The van der Waals surface area contributed by atoms with E-state index in [1.165, 1.54) is 0 Å². The summed E-state index contributed by atoms with van der Waals surface area (Å²) in [5, 5.41) is 3.90. The van der Waals surface area contributed by atoms with Crippen molar-refractivity contribution in [2.24, 2.45) is 0 Å². The van der Waals surface area contributed by atoms with Crippen molar-refractivity contribution in [2.45, 2.75) is 26.9 Å². The molecule has 2 aromatic heterocycles. The summed E-state index contributed by atoms with van der Waals surface area (Å²) in [6, 6.07) is 9.86. The number of pyridine rings is 2. The Bertz CT molecular complexity index is 601. The maximum atomic E-state index is 6.24. The summed E-state index contributed by atoms with van der Waals surface area (Å²) in [5.74, 6) is 0.860. The third-order valence-corrected chi connectivity index (χ3v) is 3.42. The second-order valence-electron chi connectivity index (χ2n) is 5.10. The quantitative estimate of drug-likeness (QED) is 0.887. The molecule has 0 fully saturated rings. The fourth-order valence-electron chi connectivity index (χ4n) is 2.15. The van der Waals surface area contributed by atoms with Crippen LogP contribution in [0.4, 0.5) is 5.82 Å². The van der Waals surface area contributed by atoms with E-state index in [1.54, 1.807) is 0 Å². The van der Waals surface area contributed by atoms with E-state index in [0.717, 1.165) is 36.0 Å². The van der Waals surface area contributed by atoms with Gasteiger partial charge >= 0.3 is 0 Å². The van der Waals surface area contributed by atoms with Crippen LogP contribution < -0.4 is 5.32 Å². The number of halogens is 1. The van der Waals surface area contributed by atoms with Crippen LogP contribution in [0.1, 0.15) is 24.0 Å². The number of anilines is 1. The van der Waals surface area contributed by atoms with E-state index < -0.39 is 0 Å². The Kier molecular flexibility index (Phi) is 5.53. The zero-order valence-electron chi connectivity index (χ0n) is 12.7. The Hall–Kier alpha value is -1.65. The largest absolute Gasteiger partial charge is 0.370 e. The van der Waals surface area contributed by atoms with Crippen LogP contribution in [0, 0.1) is 6.92 Å². The van der Waals surface area contributed by atoms with E-state index in [4.69, 9.17) is 11.6 Å². The third kappa shape index (κ3) is 4.69. The number of hydrogen-bond donors (Lipinski definition) is 1. The minimum absolute atomic E-state index is 0.688. The number of aryl methyl sites for hydroxylation is 1. The molecule has 0 spiro atoms. The molecular weight excluding hydrogens is 284 g/mol. The van der Waals surface area contributed by atoms with Crippen molar-refractivity contribution in [3.8, 4) is 0 Å². The Morgan fingerprint density at radius 1 is 1.14 bits per heavy atom. The second-order valence-corrected chi connectivity index (χ2v) is 5.51. The predicted octanol–water partition coefficient (Wildman–Crippen LogP) is 3.50. The minimum Gasteiger partial charge on any atom is -0.370 e. The Morgan fingerprint density at radius 3 is 2.67 bits per heavy atom. The van der Waals surface area contributed by atoms with Gasteiger partial charge < -0.3 is 5.32 Å². The molecule has 0 bridgehead atoms. The van der Waals surface area contributed by atoms with Crippen molar-refractivity contribution in [3.05, 3.63) is 52.4 Å².